The van der Waals surface area contributed by atoms with E-state index in [-0.39, 0.29) is 31.2 Å². The van der Waals surface area contributed by atoms with Crippen molar-refractivity contribution in [2.24, 2.45) is 0 Å². The number of ether oxygens (including phenoxy) is 2. The van der Waals surface area contributed by atoms with Crippen molar-refractivity contribution in [3.8, 4) is 17.1 Å². The van der Waals surface area contributed by atoms with Crippen molar-refractivity contribution in [1.82, 2.24) is 15.5 Å². The Morgan fingerprint density at radius 2 is 2.04 bits per heavy atom. The Balaban J connectivity index is 1.45. The molecule has 0 bridgehead atoms. The first-order chi connectivity index (χ1) is 13.2. The van der Waals surface area contributed by atoms with E-state index >= 15 is 0 Å². The van der Waals surface area contributed by atoms with Gasteiger partial charge < -0.3 is 23.7 Å². The van der Waals surface area contributed by atoms with Gasteiger partial charge in [-0.25, -0.2) is 0 Å². The molecule has 1 N–H and O–H groups in total. The third-order valence-electron chi connectivity index (χ3n) is 3.53. The minimum Gasteiger partial charge on any atom is -0.496 e. The number of carbonyl (C=O) groups is 2. The molecule has 3 rings (SSSR count). The molecule has 0 saturated heterocycles. The predicted molar refractivity (Wildman–Crippen MR) is 91.7 cm³/mol. The average molecular weight is 371 g/mol. The Kier molecular flexibility index (Phi) is 5.83. The minimum atomic E-state index is -0.508. The average Bonchev–Trinajstić information content (AvgIpc) is 3.38. The first-order valence-corrected chi connectivity index (χ1v) is 8.10. The zero-order valence-electron chi connectivity index (χ0n) is 14.5. The predicted octanol–water partition coefficient (Wildman–Crippen LogP) is 2.20. The SMILES string of the molecule is COc1ccccc1-c1noc(COC(=O)CCNC(=O)c2ccco2)n1. The van der Waals surface area contributed by atoms with E-state index in [0.717, 1.165) is 0 Å². The number of hydrogen-bond acceptors (Lipinski definition) is 8. The highest BCUT2D eigenvalue weighted by Gasteiger charge is 2.14. The Hall–Kier alpha value is -3.62. The van der Waals surface area contributed by atoms with Crippen molar-refractivity contribution >= 4 is 11.9 Å². The number of furan rings is 1. The highest BCUT2D eigenvalue weighted by molar-refractivity contribution is 5.91. The van der Waals surface area contributed by atoms with Crippen LogP contribution in [0.3, 0.4) is 0 Å². The Morgan fingerprint density at radius 3 is 2.81 bits per heavy atom. The van der Waals surface area contributed by atoms with Crippen LogP contribution < -0.4 is 10.1 Å². The Labute approximate surface area is 154 Å². The molecule has 0 aliphatic heterocycles. The van der Waals surface area contributed by atoms with Gasteiger partial charge in [0, 0.05) is 6.54 Å². The Bertz CT molecular complexity index is 903. The third-order valence-corrected chi connectivity index (χ3v) is 3.53. The molecular weight excluding hydrogens is 354 g/mol. The van der Waals surface area contributed by atoms with Crippen molar-refractivity contribution < 1.29 is 28.0 Å². The first kappa shape index (κ1) is 18.2. The molecule has 3 aromatic rings. The summed E-state index contributed by atoms with van der Waals surface area (Å²) in [5.41, 5.74) is 0.668. The lowest BCUT2D eigenvalue weighted by atomic mass is 10.2. The standard InChI is InChI=1S/C18H17N3O6/c1-24-13-6-3-2-5-12(13)17-20-15(27-21-17)11-26-16(22)8-9-19-18(23)14-7-4-10-25-14/h2-7,10H,8-9,11H2,1H3,(H,19,23). The highest BCUT2D eigenvalue weighted by atomic mass is 16.6. The van der Waals surface area contributed by atoms with E-state index in [2.05, 4.69) is 15.5 Å². The van der Waals surface area contributed by atoms with E-state index in [1.54, 1.807) is 25.3 Å². The number of methoxy groups -OCH3 is 1. The molecule has 9 heteroatoms. The molecule has 9 nitrogen and oxygen atoms in total. The summed E-state index contributed by atoms with van der Waals surface area (Å²) in [7, 11) is 1.55. The van der Waals surface area contributed by atoms with Gasteiger partial charge in [-0.1, -0.05) is 17.3 Å². The second-order valence-electron chi connectivity index (χ2n) is 5.36. The molecule has 0 atom stereocenters. The molecule has 2 aromatic heterocycles. The van der Waals surface area contributed by atoms with Gasteiger partial charge in [0.15, 0.2) is 12.4 Å². The Morgan fingerprint density at radius 1 is 1.19 bits per heavy atom. The smallest absolute Gasteiger partial charge is 0.308 e. The van der Waals surface area contributed by atoms with Crippen LogP contribution in [0.1, 0.15) is 22.9 Å². The van der Waals surface area contributed by atoms with Crippen LogP contribution in [0.15, 0.2) is 51.6 Å². The van der Waals surface area contributed by atoms with E-state index < -0.39 is 11.9 Å². The van der Waals surface area contributed by atoms with Gasteiger partial charge in [-0.05, 0) is 24.3 Å². The molecule has 0 aliphatic rings. The quantitative estimate of drug-likeness (QED) is 0.599. The van der Waals surface area contributed by atoms with Crippen LogP contribution in [-0.4, -0.2) is 35.7 Å². The molecule has 0 radical (unpaired) electrons. The molecule has 0 aliphatic carbocycles. The first-order valence-electron chi connectivity index (χ1n) is 8.10. The van der Waals surface area contributed by atoms with Gasteiger partial charge in [0.05, 0.1) is 25.4 Å². The number of carbonyl (C=O) groups excluding carboxylic acids is 2. The summed E-state index contributed by atoms with van der Waals surface area (Å²) in [6.45, 7) is -0.0399. The zero-order valence-corrected chi connectivity index (χ0v) is 14.5. The van der Waals surface area contributed by atoms with Gasteiger partial charge in [0.25, 0.3) is 11.8 Å². The largest absolute Gasteiger partial charge is 0.496 e. The maximum atomic E-state index is 11.8. The van der Waals surface area contributed by atoms with Gasteiger partial charge in [-0.2, -0.15) is 4.98 Å². The lowest BCUT2D eigenvalue weighted by Gasteiger charge is -2.04. The number of esters is 1. The number of nitrogens with zero attached hydrogens (tertiary/aromatic N) is 2. The molecule has 0 fully saturated rings. The number of para-hydroxylation sites is 1. The molecule has 140 valence electrons. The van der Waals surface area contributed by atoms with Crippen LogP contribution >= 0.6 is 0 Å². The van der Waals surface area contributed by atoms with Crippen molar-refractivity contribution in [3.05, 3.63) is 54.3 Å². The normalized spacial score (nSPS) is 10.4. The summed E-state index contributed by atoms with van der Waals surface area (Å²) in [5, 5.41) is 6.42. The zero-order chi connectivity index (χ0) is 19.1. The highest BCUT2D eigenvalue weighted by Crippen LogP contribution is 2.27. The fourth-order valence-electron chi connectivity index (χ4n) is 2.24. The van der Waals surface area contributed by atoms with Gasteiger partial charge in [-0.15, -0.1) is 0 Å². The van der Waals surface area contributed by atoms with Crippen molar-refractivity contribution in [2.45, 2.75) is 13.0 Å². The summed E-state index contributed by atoms with van der Waals surface area (Å²) in [6.07, 6.45) is 1.40. The maximum Gasteiger partial charge on any atom is 0.308 e. The van der Waals surface area contributed by atoms with E-state index in [0.29, 0.717) is 17.1 Å². The van der Waals surface area contributed by atoms with Crippen LogP contribution in [-0.2, 0) is 16.1 Å². The second kappa shape index (κ2) is 8.65. The number of nitrogens with one attached hydrogen (secondary N) is 1. The summed E-state index contributed by atoms with van der Waals surface area (Å²) in [5.74, 6) is 0.373. The van der Waals surface area contributed by atoms with Gasteiger partial charge >= 0.3 is 5.97 Å². The second-order valence-corrected chi connectivity index (χ2v) is 5.36. The summed E-state index contributed by atoms with van der Waals surface area (Å²) in [6, 6.07) is 10.4. The van der Waals surface area contributed by atoms with Crippen LogP contribution in [0.2, 0.25) is 0 Å². The topological polar surface area (TPSA) is 117 Å². The summed E-state index contributed by atoms with van der Waals surface area (Å²) < 4.78 is 20.3. The van der Waals surface area contributed by atoms with Gasteiger partial charge in [0.1, 0.15) is 5.75 Å². The lowest BCUT2D eigenvalue weighted by molar-refractivity contribution is -0.145. The number of benzene rings is 1. The van der Waals surface area contributed by atoms with Crippen LogP contribution in [0.5, 0.6) is 5.75 Å². The van der Waals surface area contributed by atoms with Crippen LogP contribution in [0.4, 0.5) is 0 Å². The van der Waals surface area contributed by atoms with Crippen molar-refractivity contribution in [1.29, 1.82) is 0 Å². The molecule has 0 unspecified atom stereocenters. The van der Waals surface area contributed by atoms with Crippen molar-refractivity contribution in [2.75, 3.05) is 13.7 Å². The summed E-state index contributed by atoms with van der Waals surface area (Å²) >= 11 is 0. The van der Waals surface area contributed by atoms with E-state index in [1.807, 2.05) is 12.1 Å². The molecule has 2 heterocycles. The number of rotatable bonds is 8. The molecular formula is C18H17N3O6. The molecule has 27 heavy (non-hydrogen) atoms. The van der Waals surface area contributed by atoms with Crippen LogP contribution in [0.25, 0.3) is 11.4 Å². The number of hydrogen-bond donors (Lipinski definition) is 1. The summed E-state index contributed by atoms with van der Waals surface area (Å²) in [4.78, 5) is 27.6. The van der Waals surface area contributed by atoms with E-state index in [9.17, 15) is 9.59 Å². The molecule has 1 aromatic carbocycles. The fraction of sp³-hybridized carbons (Fsp3) is 0.222. The minimum absolute atomic E-state index is 0.0000486. The van der Waals surface area contributed by atoms with E-state index in [1.165, 1.54) is 12.3 Å². The van der Waals surface area contributed by atoms with Gasteiger partial charge in [-0.3, -0.25) is 9.59 Å². The van der Waals surface area contributed by atoms with Gasteiger partial charge in [0.2, 0.25) is 5.82 Å². The lowest BCUT2D eigenvalue weighted by Crippen LogP contribution is -2.26. The monoisotopic (exact) mass is 371 g/mol. The van der Waals surface area contributed by atoms with Crippen molar-refractivity contribution in [3.63, 3.8) is 0 Å². The number of amides is 1. The number of aromatic nitrogens is 2. The van der Waals surface area contributed by atoms with E-state index in [4.69, 9.17) is 18.4 Å². The molecule has 0 saturated carbocycles. The maximum absolute atomic E-state index is 11.8. The third kappa shape index (κ3) is 4.72. The van der Waals surface area contributed by atoms with Crippen LogP contribution in [0, 0.1) is 0 Å². The molecule has 0 spiro atoms. The molecule has 1 amide bonds. The fourth-order valence-corrected chi connectivity index (χ4v) is 2.24.